The number of aryl methyl sites for hydroxylation is 2. The highest BCUT2D eigenvalue weighted by atomic mass is 32.1. The molecule has 0 saturated heterocycles. The minimum Gasteiger partial charge on any atom is -0.395 e. The molecule has 0 saturated carbocycles. The van der Waals surface area contributed by atoms with Crippen LogP contribution in [0.3, 0.4) is 0 Å². The molecular formula is C12H17NO2S. The molecule has 1 aliphatic carbocycles. The van der Waals surface area contributed by atoms with Crippen LogP contribution in [-0.4, -0.2) is 36.1 Å². The molecule has 0 bridgehead atoms. The summed E-state index contributed by atoms with van der Waals surface area (Å²) in [6, 6.07) is 2.04. The second-order valence-corrected chi connectivity index (χ2v) is 5.35. The van der Waals surface area contributed by atoms with Crippen molar-refractivity contribution in [3.05, 3.63) is 21.4 Å². The van der Waals surface area contributed by atoms with Gasteiger partial charge in [0.2, 0.25) is 0 Å². The Kier molecular flexibility index (Phi) is 3.61. The summed E-state index contributed by atoms with van der Waals surface area (Å²) in [7, 11) is 1.73. The van der Waals surface area contributed by atoms with Gasteiger partial charge in [-0.2, -0.15) is 0 Å². The highest BCUT2D eigenvalue weighted by Gasteiger charge is 2.19. The Morgan fingerprint density at radius 1 is 1.50 bits per heavy atom. The number of thiophene rings is 1. The van der Waals surface area contributed by atoms with Crippen LogP contribution in [0, 0.1) is 0 Å². The number of hydrogen-bond donors (Lipinski definition) is 1. The zero-order valence-corrected chi connectivity index (χ0v) is 10.3. The Bertz CT molecular complexity index is 363. The summed E-state index contributed by atoms with van der Waals surface area (Å²) < 4.78 is 0. The van der Waals surface area contributed by atoms with Crippen molar-refractivity contribution >= 4 is 17.2 Å². The van der Waals surface area contributed by atoms with Gasteiger partial charge in [0.05, 0.1) is 11.5 Å². The first-order valence-electron chi connectivity index (χ1n) is 5.70. The molecule has 1 amide bonds. The van der Waals surface area contributed by atoms with Gasteiger partial charge in [-0.15, -0.1) is 11.3 Å². The van der Waals surface area contributed by atoms with Crippen LogP contribution in [0.25, 0.3) is 0 Å². The monoisotopic (exact) mass is 239 g/mol. The summed E-state index contributed by atoms with van der Waals surface area (Å²) in [6.45, 7) is 0.425. The van der Waals surface area contributed by atoms with E-state index < -0.39 is 0 Å². The van der Waals surface area contributed by atoms with Crippen LogP contribution in [0.15, 0.2) is 6.07 Å². The van der Waals surface area contributed by atoms with Gasteiger partial charge in [0.15, 0.2) is 0 Å². The van der Waals surface area contributed by atoms with E-state index in [0.717, 1.165) is 17.7 Å². The van der Waals surface area contributed by atoms with Gasteiger partial charge in [-0.3, -0.25) is 4.79 Å². The highest BCUT2D eigenvalue weighted by Crippen LogP contribution is 2.30. The van der Waals surface area contributed by atoms with E-state index in [4.69, 9.17) is 5.11 Å². The van der Waals surface area contributed by atoms with Crippen LogP contribution in [0.2, 0.25) is 0 Å². The van der Waals surface area contributed by atoms with Gasteiger partial charge in [-0.25, -0.2) is 0 Å². The van der Waals surface area contributed by atoms with Gasteiger partial charge in [-0.05, 0) is 37.3 Å². The second-order valence-electron chi connectivity index (χ2n) is 4.22. The first-order valence-corrected chi connectivity index (χ1v) is 6.52. The Morgan fingerprint density at radius 2 is 2.25 bits per heavy atom. The third kappa shape index (κ3) is 2.28. The van der Waals surface area contributed by atoms with Gasteiger partial charge in [-0.1, -0.05) is 0 Å². The molecule has 3 nitrogen and oxygen atoms in total. The van der Waals surface area contributed by atoms with Gasteiger partial charge < -0.3 is 10.0 Å². The molecule has 1 heterocycles. The van der Waals surface area contributed by atoms with Crippen molar-refractivity contribution in [1.82, 2.24) is 4.90 Å². The fourth-order valence-corrected chi connectivity index (χ4v) is 3.28. The normalized spacial score (nSPS) is 14.6. The molecule has 1 aromatic heterocycles. The van der Waals surface area contributed by atoms with E-state index in [1.165, 1.54) is 23.3 Å². The molecule has 0 radical (unpaired) electrons. The van der Waals surface area contributed by atoms with Crippen molar-refractivity contribution in [2.45, 2.75) is 25.7 Å². The molecule has 0 fully saturated rings. The SMILES string of the molecule is CN(CCO)C(=O)c1cc2c(s1)CCCC2. The van der Waals surface area contributed by atoms with E-state index in [1.807, 2.05) is 6.07 Å². The smallest absolute Gasteiger partial charge is 0.263 e. The molecule has 1 aromatic rings. The molecule has 0 aliphatic heterocycles. The van der Waals surface area contributed by atoms with E-state index in [9.17, 15) is 4.79 Å². The summed E-state index contributed by atoms with van der Waals surface area (Å²) in [5, 5.41) is 8.80. The number of amides is 1. The van der Waals surface area contributed by atoms with Crippen LogP contribution >= 0.6 is 11.3 Å². The topological polar surface area (TPSA) is 40.5 Å². The lowest BCUT2D eigenvalue weighted by Crippen LogP contribution is -2.28. The first kappa shape index (κ1) is 11.6. The van der Waals surface area contributed by atoms with E-state index in [2.05, 4.69) is 0 Å². The van der Waals surface area contributed by atoms with Crippen LogP contribution < -0.4 is 0 Å². The first-order chi connectivity index (χ1) is 7.72. The Morgan fingerprint density at radius 3 is 2.94 bits per heavy atom. The molecule has 0 aromatic carbocycles. The predicted octanol–water partition coefficient (Wildman–Crippen LogP) is 1.69. The standard InChI is InChI=1S/C12H17NO2S/c1-13(6-7-14)12(15)11-8-9-4-2-3-5-10(9)16-11/h8,14H,2-7H2,1H3. The number of aliphatic hydroxyl groups excluding tert-OH is 1. The van der Waals surface area contributed by atoms with Crippen molar-refractivity contribution in [2.24, 2.45) is 0 Å². The summed E-state index contributed by atoms with van der Waals surface area (Å²) in [5.74, 6) is 0.0356. The molecule has 0 atom stereocenters. The maximum Gasteiger partial charge on any atom is 0.263 e. The third-order valence-electron chi connectivity index (χ3n) is 2.99. The molecule has 4 heteroatoms. The molecular weight excluding hydrogens is 222 g/mol. The fourth-order valence-electron chi connectivity index (χ4n) is 2.04. The highest BCUT2D eigenvalue weighted by molar-refractivity contribution is 7.14. The molecule has 16 heavy (non-hydrogen) atoms. The van der Waals surface area contributed by atoms with Crippen LogP contribution in [-0.2, 0) is 12.8 Å². The summed E-state index contributed by atoms with van der Waals surface area (Å²) in [6.07, 6.45) is 4.72. The van der Waals surface area contributed by atoms with E-state index in [0.29, 0.717) is 6.54 Å². The number of nitrogens with zero attached hydrogens (tertiary/aromatic N) is 1. The van der Waals surface area contributed by atoms with Crippen LogP contribution in [0.4, 0.5) is 0 Å². The number of carbonyl (C=O) groups is 1. The third-order valence-corrected chi connectivity index (χ3v) is 4.21. The van der Waals surface area contributed by atoms with E-state index in [1.54, 1.807) is 23.3 Å². The minimum atomic E-state index is 0.0212. The summed E-state index contributed by atoms with van der Waals surface area (Å²) in [4.78, 5) is 15.8. The average Bonchev–Trinajstić information content (AvgIpc) is 2.71. The Labute approximate surface area is 99.7 Å². The number of fused-ring (bicyclic) bond motifs is 1. The van der Waals surface area contributed by atoms with Crippen molar-refractivity contribution in [1.29, 1.82) is 0 Å². The minimum absolute atomic E-state index is 0.0212. The molecule has 2 rings (SSSR count). The lowest BCUT2D eigenvalue weighted by Gasteiger charge is -2.13. The molecule has 88 valence electrons. The van der Waals surface area contributed by atoms with Crippen LogP contribution in [0.1, 0.15) is 33.0 Å². The quantitative estimate of drug-likeness (QED) is 0.872. The maximum absolute atomic E-state index is 12.0. The zero-order valence-electron chi connectivity index (χ0n) is 9.53. The van der Waals surface area contributed by atoms with E-state index in [-0.39, 0.29) is 12.5 Å². The number of rotatable bonds is 3. The van der Waals surface area contributed by atoms with Crippen molar-refractivity contribution in [3.8, 4) is 0 Å². The van der Waals surface area contributed by atoms with Crippen molar-refractivity contribution < 1.29 is 9.90 Å². The molecule has 0 unspecified atom stereocenters. The summed E-state index contributed by atoms with van der Waals surface area (Å²) >= 11 is 1.62. The van der Waals surface area contributed by atoms with E-state index >= 15 is 0 Å². The zero-order chi connectivity index (χ0) is 11.5. The number of hydrogen-bond acceptors (Lipinski definition) is 3. The Hall–Kier alpha value is -0.870. The van der Waals surface area contributed by atoms with Crippen molar-refractivity contribution in [3.63, 3.8) is 0 Å². The van der Waals surface area contributed by atoms with Gasteiger partial charge in [0.1, 0.15) is 0 Å². The van der Waals surface area contributed by atoms with Gasteiger partial charge in [0.25, 0.3) is 5.91 Å². The largest absolute Gasteiger partial charge is 0.395 e. The average molecular weight is 239 g/mol. The lowest BCUT2D eigenvalue weighted by atomic mass is 9.99. The molecule has 0 spiro atoms. The van der Waals surface area contributed by atoms with Crippen LogP contribution in [0.5, 0.6) is 0 Å². The maximum atomic E-state index is 12.0. The fraction of sp³-hybridized carbons (Fsp3) is 0.583. The molecule has 1 N–H and O–H groups in total. The number of likely N-dealkylation sites (N-methyl/N-ethyl adjacent to an activating group) is 1. The lowest BCUT2D eigenvalue weighted by molar-refractivity contribution is 0.0771. The summed E-state index contributed by atoms with van der Waals surface area (Å²) in [5.41, 5.74) is 1.36. The second kappa shape index (κ2) is 4.97. The van der Waals surface area contributed by atoms with Gasteiger partial charge in [0, 0.05) is 18.5 Å². The predicted molar refractivity (Wildman–Crippen MR) is 65.0 cm³/mol. The van der Waals surface area contributed by atoms with Gasteiger partial charge >= 0.3 is 0 Å². The van der Waals surface area contributed by atoms with Crippen molar-refractivity contribution in [2.75, 3.05) is 20.2 Å². The number of carbonyl (C=O) groups excluding carboxylic acids is 1. The Balaban J connectivity index is 2.14. The number of aliphatic hydroxyl groups is 1. The molecule has 1 aliphatic rings.